The number of esters is 1. The van der Waals surface area contributed by atoms with Crippen LogP contribution in [0.15, 0.2) is 24.3 Å². The van der Waals surface area contributed by atoms with Crippen molar-refractivity contribution >= 4 is 11.8 Å². The predicted octanol–water partition coefficient (Wildman–Crippen LogP) is 1.25. The summed E-state index contributed by atoms with van der Waals surface area (Å²) in [6, 6.07) is 0. The van der Waals surface area contributed by atoms with Crippen LogP contribution >= 0.6 is 0 Å². The van der Waals surface area contributed by atoms with E-state index in [1.807, 2.05) is 6.92 Å². The molecular weight excluding hydrogens is 168 g/mol. The molecule has 0 spiro atoms. The number of rotatable bonds is 3. The van der Waals surface area contributed by atoms with E-state index in [0.29, 0.717) is 6.61 Å². The van der Waals surface area contributed by atoms with Crippen LogP contribution in [0, 0.1) is 5.92 Å². The maximum Gasteiger partial charge on any atom is 0.316 e. The Morgan fingerprint density at radius 1 is 1.46 bits per heavy atom. The zero-order valence-corrected chi connectivity index (χ0v) is 7.53. The molecule has 0 aromatic rings. The summed E-state index contributed by atoms with van der Waals surface area (Å²) in [5, 5.41) is 0. The molecule has 0 aromatic heterocycles. The average molecular weight is 180 g/mol. The van der Waals surface area contributed by atoms with Crippen molar-refractivity contribution in [3.05, 3.63) is 24.3 Å². The van der Waals surface area contributed by atoms with Crippen molar-refractivity contribution in [3.8, 4) is 0 Å². The topological polar surface area (TPSA) is 43.4 Å². The second-order valence-electron chi connectivity index (χ2n) is 2.81. The Hall–Kier alpha value is -1.38. The van der Waals surface area contributed by atoms with Crippen molar-refractivity contribution in [2.24, 2.45) is 5.92 Å². The first-order valence-electron chi connectivity index (χ1n) is 4.31. The molecule has 0 radical (unpaired) electrons. The van der Waals surface area contributed by atoms with Gasteiger partial charge < -0.3 is 4.74 Å². The third-order valence-electron chi connectivity index (χ3n) is 1.66. The second-order valence-corrected chi connectivity index (χ2v) is 2.81. The minimum Gasteiger partial charge on any atom is -0.465 e. The minimum absolute atomic E-state index is 0.0838. The van der Waals surface area contributed by atoms with E-state index in [2.05, 4.69) is 0 Å². The molecule has 1 rings (SSSR count). The SMILES string of the molecule is CCCOC(=O)C1C=CC(=O)C=C1. The van der Waals surface area contributed by atoms with Crippen LogP contribution in [-0.2, 0) is 14.3 Å². The molecule has 0 atom stereocenters. The summed E-state index contributed by atoms with van der Waals surface area (Å²) in [4.78, 5) is 21.9. The highest BCUT2D eigenvalue weighted by atomic mass is 16.5. The maximum absolute atomic E-state index is 11.2. The van der Waals surface area contributed by atoms with Gasteiger partial charge in [-0.1, -0.05) is 19.1 Å². The van der Waals surface area contributed by atoms with E-state index in [4.69, 9.17) is 4.74 Å². The fourth-order valence-electron chi connectivity index (χ4n) is 0.973. The molecule has 0 bridgehead atoms. The second kappa shape index (κ2) is 4.60. The smallest absolute Gasteiger partial charge is 0.316 e. The first kappa shape index (κ1) is 9.71. The molecular formula is C10H12O3. The summed E-state index contributed by atoms with van der Waals surface area (Å²) < 4.78 is 4.91. The molecule has 13 heavy (non-hydrogen) atoms. The fraction of sp³-hybridized carbons (Fsp3) is 0.400. The molecule has 0 N–H and O–H groups in total. The van der Waals surface area contributed by atoms with Gasteiger partial charge in [-0.05, 0) is 18.6 Å². The lowest BCUT2D eigenvalue weighted by Gasteiger charge is -2.09. The molecule has 0 amide bonds. The number of carbonyl (C=O) groups excluding carboxylic acids is 2. The molecule has 1 aliphatic carbocycles. The van der Waals surface area contributed by atoms with Crippen molar-refractivity contribution < 1.29 is 14.3 Å². The Balaban J connectivity index is 2.45. The molecule has 3 nitrogen and oxygen atoms in total. The fourth-order valence-corrected chi connectivity index (χ4v) is 0.973. The Kier molecular flexibility index (Phi) is 3.43. The van der Waals surface area contributed by atoms with Gasteiger partial charge in [-0.3, -0.25) is 9.59 Å². The third-order valence-corrected chi connectivity index (χ3v) is 1.66. The molecule has 0 unspecified atom stereocenters. The van der Waals surface area contributed by atoms with Gasteiger partial charge in [-0.25, -0.2) is 0 Å². The molecule has 0 fully saturated rings. The molecule has 70 valence electrons. The Morgan fingerprint density at radius 3 is 2.62 bits per heavy atom. The third kappa shape index (κ3) is 2.86. The van der Waals surface area contributed by atoms with Gasteiger partial charge in [0.2, 0.25) is 0 Å². The first-order valence-corrected chi connectivity index (χ1v) is 4.31. The van der Waals surface area contributed by atoms with Gasteiger partial charge in [0.25, 0.3) is 0 Å². The van der Waals surface area contributed by atoms with Crippen LogP contribution in [0.5, 0.6) is 0 Å². The number of carbonyl (C=O) groups is 2. The van der Waals surface area contributed by atoms with E-state index in [-0.39, 0.29) is 17.7 Å². The van der Waals surface area contributed by atoms with Crippen molar-refractivity contribution in [1.29, 1.82) is 0 Å². The van der Waals surface area contributed by atoms with Gasteiger partial charge in [0, 0.05) is 0 Å². The highest BCUT2D eigenvalue weighted by Gasteiger charge is 2.16. The Bertz CT molecular complexity index is 247. The molecule has 0 heterocycles. The summed E-state index contributed by atoms with van der Waals surface area (Å²) in [6.07, 6.45) is 6.70. The number of allylic oxidation sites excluding steroid dienone is 2. The molecule has 0 aliphatic heterocycles. The lowest BCUT2D eigenvalue weighted by molar-refractivity contribution is -0.145. The summed E-state index contributed by atoms with van der Waals surface area (Å²) >= 11 is 0. The van der Waals surface area contributed by atoms with Crippen LogP contribution in [-0.4, -0.2) is 18.4 Å². The molecule has 3 heteroatoms. The van der Waals surface area contributed by atoms with Crippen LogP contribution in [0.2, 0.25) is 0 Å². The van der Waals surface area contributed by atoms with Crippen LogP contribution < -0.4 is 0 Å². The van der Waals surface area contributed by atoms with Crippen LogP contribution in [0.4, 0.5) is 0 Å². The molecule has 1 aliphatic rings. The van der Waals surface area contributed by atoms with Crippen molar-refractivity contribution in [1.82, 2.24) is 0 Å². The quantitative estimate of drug-likeness (QED) is 0.614. The van der Waals surface area contributed by atoms with Crippen molar-refractivity contribution in [2.45, 2.75) is 13.3 Å². The van der Waals surface area contributed by atoms with Crippen LogP contribution in [0.25, 0.3) is 0 Å². The monoisotopic (exact) mass is 180 g/mol. The summed E-state index contributed by atoms with van der Waals surface area (Å²) in [6.45, 7) is 2.37. The summed E-state index contributed by atoms with van der Waals surface area (Å²) in [5.41, 5.74) is 0. The zero-order chi connectivity index (χ0) is 9.68. The van der Waals surface area contributed by atoms with Gasteiger partial charge in [-0.2, -0.15) is 0 Å². The zero-order valence-electron chi connectivity index (χ0n) is 7.53. The van der Waals surface area contributed by atoms with E-state index in [9.17, 15) is 9.59 Å². The van der Waals surface area contributed by atoms with Gasteiger partial charge in [-0.15, -0.1) is 0 Å². The maximum atomic E-state index is 11.2. The average Bonchev–Trinajstić information content (AvgIpc) is 2.15. The highest BCUT2D eigenvalue weighted by molar-refractivity contribution is 6.01. The number of hydrogen-bond acceptors (Lipinski definition) is 3. The van der Waals surface area contributed by atoms with Crippen molar-refractivity contribution in [3.63, 3.8) is 0 Å². The largest absolute Gasteiger partial charge is 0.465 e. The van der Waals surface area contributed by atoms with E-state index >= 15 is 0 Å². The standard InChI is InChI=1S/C10H12O3/c1-2-7-13-10(12)8-3-5-9(11)6-4-8/h3-6,8H,2,7H2,1H3. The Morgan fingerprint density at radius 2 is 2.08 bits per heavy atom. The summed E-state index contributed by atoms with van der Waals surface area (Å²) in [7, 11) is 0. The van der Waals surface area contributed by atoms with E-state index in [1.165, 1.54) is 12.2 Å². The molecule has 0 saturated heterocycles. The number of ketones is 1. The Labute approximate surface area is 77.1 Å². The lowest BCUT2D eigenvalue weighted by atomic mass is 10.0. The first-order chi connectivity index (χ1) is 6.24. The van der Waals surface area contributed by atoms with Gasteiger partial charge in [0.1, 0.15) is 0 Å². The summed E-state index contributed by atoms with van der Waals surface area (Å²) in [5.74, 6) is -0.759. The van der Waals surface area contributed by atoms with Crippen molar-refractivity contribution in [2.75, 3.05) is 6.61 Å². The number of hydrogen-bond donors (Lipinski definition) is 0. The van der Waals surface area contributed by atoms with Crippen LogP contribution in [0.3, 0.4) is 0 Å². The molecule has 0 saturated carbocycles. The normalized spacial score (nSPS) is 16.2. The minimum atomic E-state index is -0.385. The lowest BCUT2D eigenvalue weighted by Crippen LogP contribution is -2.16. The van der Waals surface area contributed by atoms with E-state index in [0.717, 1.165) is 6.42 Å². The van der Waals surface area contributed by atoms with Gasteiger partial charge in [0.05, 0.1) is 12.5 Å². The predicted molar refractivity (Wildman–Crippen MR) is 48.0 cm³/mol. The van der Waals surface area contributed by atoms with E-state index < -0.39 is 0 Å². The number of ether oxygens (including phenoxy) is 1. The van der Waals surface area contributed by atoms with Gasteiger partial charge >= 0.3 is 5.97 Å². The highest BCUT2D eigenvalue weighted by Crippen LogP contribution is 2.09. The van der Waals surface area contributed by atoms with E-state index in [1.54, 1.807) is 12.2 Å². The molecule has 0 aromatic carbocycles. The van der Waals surface area contributed by atoms with Crippen LogP contribution in [0.1, 0.15) is 13.3 Å². The van der Waals surface area contributed by atoms with Gasteiger partial charge in [0.15, 0.2) is 5.78 Å².